The molecule has 0 aromatic heterocycles. The minimum atomic E-state index is -3.65. The van der Waals surface area contributed by atoms with Gasteiger partial charge >= 0.3 is 0 Å². The zero-order valence-corrected chi connectivity index (χ0v) is 11.2. The van der Waals surface area contributed by atoms with E-state index in [4.69, 9.17) is 10.5 Å². The highest BCUT2D eigenvalue weighted by atomic mass is 32.2. The van der Waals surface area contributed by atoms with Crippen LogP contribution in [-0.2, 0) is 14.8 Å². The van der Waals surface area contributed by atoms with Crippen LogP contribution < -0.4 is 10.5 Å². The first-order valence-corrected chi connectivity index (χ1v) is 7.60. The topological polar surface area (TPSA) is 81.4 Å². The third-order valence-electron chi connectivity index (χ3n) is 3.09. The van der Waals surface area contributed by atoms with E-state index in [-0.39, 0.29) is 16.5 Å². The number of nitrogens with one attached hydrogen (secondary N) is 1. The van der Waals surface area contributed by atoms with Gasteiger partial charge in [0.2, 0.25) is 10.0 Å². The maximum atomic E-state index is 13.0. The molecule has 1 aromatic carbocycles. The molecule has 7 heteroatoms. The molecular formula is C12H17FN2O3S. The monoisotopic (exact) mass is 288 g/mol. The lowest BCUT2D eigenvalue weighted by Crippen LogP contribution is -2.33. The molecule has 0 aliphatic carbocycles. The molecule has 19 heavy (non-hydrogen) atoms. The van der Waals surface area contributed by atoms with Gasteiger partial charge in [0.05, 0.1) is 17.2 Å². The standard InChI is InChI=1S/C12H17FN2O3S/c13-11-4-3-10(6-12(11)14)19(16,17)15-7-9-2-1-5-18-8-9/h3-4,6,9,15H,1-2,5,7-8,14H2. The third kappa shape index (κ3) is 3.65. The summed E-state index contributed by atoms with van der Waals surface area (Å²) >= 11 is 0. The van der Waals surface area contributed by atoms with E-state index >= 15 is 0 Å². The van der Waals surface area contributed by atoms with E-state index in [1.807, 2.05) is 0 Å². The molecule has 2 rings (SSSR count). The van der Waals surface area contributed by atoms with Crippen LogP contribution in [0.25, 0.3) is 0 Å². The van der Waals surface area contributed by atoms with Crippen LogP contribution in [0.2, 0.25) is 0 Å². The molecule has 0 amide bonds. The lowest BCUT2D eigenvalue weighted by Gasteiger charge is -2.22. The number of hydrogen-bond acceptors (Lipinski definition) is 4. The van der Waals surface area contributed by atoms with Crippen molar-refractivity contribution < 1.29 is 17.5 Å². The Kier molecular flexibility index (Phi) is 4.38. The van der Waals surface area contributed by atoms with Crippen molar-refractivity contribution in [3.05, 3.63) is 24.0 Å². The van der Waals surface area contributed by atoms with Gasteiger partial charge in [-0.1, -0.05) is 0 Å². The second-order valence-corrected chi connectivity index (χ2v) is 6.39. The van der Waals surface area contributed by atoms with Crippen LogP contribution in [0.3, 0.4) is 0 Å². The van der Waals surface area contributed by atoms with Crippen molar-refractivity contribution in [2.45, 2.75) is 17.7 Å². The predicted molar refractivity (Wildman–Crippen MR) is 69.5 cm³/mol. The SMILES string of the molecule is Nc1cc(S(=O)(=O)NCC2CCCOC2)ccc1F. The molecule has 3 N–H and O–H groups in total. The van der Waals surface area contributed by atoms with E-state index in [1.54, 1.807) is 0 Å². The fourth-order valence-corrected chi connectivity index (χ4v) is 3.12. The van der Waals surface area contributed by atoms with Crippen LogP contribution in [0, 0.1) is 11.7 Å². The van der Waals surface area contributed by atoms with Crippen LogP contribution in [0.1, 0.15) is 12.8 Å². The van der Waals surface area contributed by atoms with Crippen LogP contribution in [0.5, 0.6) is 0 Å². The van der Waals surface area contributed by atoms with Gasteiger partial charge in [0.1, 0.15) is 5.82 Å². The van der Waals surface area contributed by atoms with E-state index in [0.717, 1.165) is 31.6 Å². The minimum Gasteiger partial charge on any atom is -0.396 e. The van der Waals surface area contributed by atoms with Gasteiger partial charge in [-0.15, -0.1) is 0 Å². The summed E-state index contributed by atoms with van der Waals surface area (Å²) in [5, 5.41) is 0. The summed E-state index contributed by atoms with van der Waals surface area (Å²) in [7, 11) is -3.65. The first-order chi connectivity index (χ1) is 8.99. The number of nitrogen functional groups attached to an aromatic ring is 1. The number of nitrogens with two attached hydrogens (primary N) is 1. The summed E-state index contributed by atoms with van der Waals surface area (Å²) in [6, 6.07) is 3.37. The summed E-state index contributed by atoms with van der Waals surface area (Å²) in [4.78, 5) is -0.0249. The second kappa shape index (κ2) is 5.85. The maximum Gasteiger partial charge on any atom is 0.240 e. The maximum absolute atomic E-state index is 13.0. The molecule has 0 radical (unpaired) electrons. The quantitative estimate of drug-likeness (QED) is 0.813. The molecule has 1 aromatic rings. The number of halogens is 1. The largest absolute Gasteiger partial charge is 0.396 e. The number of benzene rings is 1. The van der Waals surface area contributed by atoms with Crippen molar-refractivity contribution >= 4 is 15.7 Å². The van der Waals surface area contributed by atoms with E-state index in [2.05, 4.69) is 4.72 Å². The Labute approximate surface area is 112 Å². The van der Waals surface area contributed by atoms with Crippen molar-refractivity contribution in [3.8, 4) is 0 Å². The smallest absolute Gasteiger partial charge is 0.240 e. The van der Waals surface area contributed by atoms with Crippen LogP contribution in [0.15, 0.2) is 23.1 Å². The van der Waals surface area contributed by atoms with E-state index in [9.17, 15) is 12.8 Å². The van der Waals surface area contributed by atoms with E-state index in [1.165, 1.54) is 6.07 Å². The first-order valence-electron chi connectivity index (χ1n) is 6.11. The average molecular weight is 288 g/mol. The summed E-state index contributed by atoms with van der Waals surface area (Å²) in [5.74, 6) is -0.444. The van der Waals surface area contributed by atoms with Crippen LogP contribution >= 0.6 is 0 Å². The highest BCUT2D eigenvalue weighted by Crippen LogP contribution is 2.18. The fraction of sp³-hybridized carbons (Fsp3) is 0.500. The predicted octanol–water partition coefficient (Wildman–Crippen LogP) is 1.11. The Bertz CT molecular complexity index is 542. The normalized spacial score (nSPS) is 20.4. The van der Waals surface area contributed by atoms with E-state index < -0.39 is 15.8 Å². The van der Waals surface area contributed by atoms with E-state index in [0.29, 0.717) is 13.2 Å². The molecule has 0 saturated carbocycles. The first kappa shape index (κ1) is 14.2. The molecule has 5 nitrogen and oxygen atoms in total. The number of hydrogen-bond donors (Lipinski definition) is 2. The Hall–Kier alpha value is -1.18. The molecule has 1 aliphatic heterocycles. The average Bonchev–Trinajstić information content (AvgIpc) is 2.41. The highest BCUT2D eigenvalue weighted by Gasteiger charge is 2.19. The number of anilines is 1. The lowest BCUT2D eigenvalue weighted by atomic mass is 10.0. The van der Waals surface area contributed by atoms with Crippen molar-refractivity contribution in [2.75, 3.05) is 25.5 Å². The molecule has 1 saturated heterocycles. The highest BCUT2D eigenvalue weighted by molar-refractivity contribution is 7.89. The number of sulfonamides is 1. The molecule has 0 bridgehead atoms. The molecule has 0 spiro atoms. The van der Waals surface area contributed by atoms with Crippen molar-refractivity contribution in [1.29, 1.82) is 0 Å². The number of rotatable bonds is 4. The fourth-order valence-electron chi connectivity index (χ4n) is 1.97. The molecule has 1 heterocycles. The van der Waals surface area contributed by atoms with Gasteiger partial charge in [0.25, 0.3) is 0 Å². The molecule has 1 atom stereocenters. The molecule has 1 unspecified atom stereocenters. The molecule has 1 fully saturated rings. The van der Waals surface area contributed by atoms with Crippen LogP contribution in [-0.4, -0.2) is 28.2 Å². The summed E-state index contributed by atoms with van der Waals surface area (Å²) in [6.07, 6.45) is 1.88. The Morgan fingerprint density at radius 1 is 1.47 bits per heavy atom. The molecular weight excluding hydrogens is 271 g/mol. The third-order valence-corrected chi connectivity index (χ3v) is 4.52. The van der Waals surface area contributed by atoms with Gasteiger partial charge in [-0.25, -0.2) is 17.5 Å². The lowest BCUT2D eigenvalue weighted by molar-refractivity contribution is 0.0568. The summed E-state index contributed by atoms with van der Waals surface area (Å²) in [6.45, 7) is 1.62. The Morgan fingerprint density at radius 2 is 2.26 bits per heavy atom. The van der Waals surface area contributed by atoms with Crippen molar-refractivity contribution in [1.82, 2.24) is 4.72 Å². The summed E-state index contributed by atoms with van der Waals surface area (Å²) < 4.78 is 44.8. The number of ether oxygens (including phenoxy) is 1. The zero-order valence-electron chi connectivity index (χ0n) is 10.4. The molecule has 106 valence electrons. The molecule has 1 aliphatic rings. The minimum absolute atomic E-state index is 0.0249. The zero-order chi connectivity index (χ0) is 13.9. The van der Waals surface area contributed by atoms with Gasteiger partial charge < -0.3 is 10.5 Å². The second-order valence-electron chi connectivity index (χ2n) is 4.62. The van der Waals surface area contributed by atoms with Gasteiger partial charge in [0.15, 0.2) is 0 Å². The van der Waals surface area contributed by atoms with Gasteiger partial charge in [-0.05, 0) is 37.0 Å². The summed E-state index contributed by atoms with van der Waals surface area (Å²) in [5.41, 5.74) is 5.19. The van der Waals surface area contributed by atoms with Crippen LogP contribution in [0.4, 0.5) is 10.1 Å². The Morgan fingerprint density at radius 3 is 2.89 bits per heavy atom. The van der Waals surface area contributed by atoms with Gasteiger partial charge in [-0.2, -0.15) is 0 Å². The van der Waals surface area contributed by atoms with Crippen molar-refractivity contribution in [3.63, 3.8) is 0 Å². The van der Waals surface area contributed by atoms with Gasteiger partial charge in [-0.3, -0.25) is 0 Å². The Balaban J connectivity index is 2.02. The van der Waals surface area contributed by atoms with Gasteiger partial charge in [0, 0.05) is 13.2 Å². The van der Waals surface area contributed by atoms with Crippen molar-refractivity contribution in [2.24, 2.45) is 5.92 Å².